The van der Waals surface area contributed by atoms with Gasteiger partial charge in [-0.25, -0.2) is 0 Å². The highest BCUT2D eigenvalue weighted by Gasteiger charge is 2.28. The Kier molecular flexibility index (Phi) is 2.56. The Labute approximate surface area is 84.3 Å². The summed E-state index contributed by atoms with van der Waals surface area (Å²) in [5, 5.41) is 30.4. The maximum absolute atomic E-state index is 10.6. The van der Waals surface area contributed by atoms with Gasteiger partial charge in [0.2, 0.25) is 0 Å². The van der Waals surface area contributed by atoms with Crippen LogP contribution in [0.2, 0.25) is 0 Å². The number of phenolic OH excluding ortho intramolecular Hbond substituents is 1. The van der Waals surface area contributed by atoms with Crippen molar-refractivity contribution in [2.75, 3.05) is 0 Å². The number of rotatable bonds is 2. The van der Waals surface area contributed by atoms with Gasteiger partial charge in [0.25, 0.3) is 5.75 Å². The molecule has 7 nitrogen and oxygen atoms in total. The topological polar surface area (TPSA) is 107 Å². The van der Waals surface area contributed by atoms with E-state index in [2.05, 4.69) is 0 Å². The minimum atomic E-state index is -0.895. The molecule has 15 heavy (non-hydrogen) atoms. The van der Waals surface area contributed by atoms with Crippen molar-refractivity contribution in [2.24, 2.45) is 0 Å². The third-order valence-corrected chi connectivity index (χ3v) is 2.15. The first-order valence-corrected chi connectivity index (χ1v) is 3.98. The molecule has 0 heterocycles. The Bertz CT molecular complexity index is 455. The number of aromatic hydroxyl groups is 1. The predicted molar refractivity (Wildman–Crippen MR) is 50.9 cm³/mol. The fourth-order valence-electron chi connectivity index (χ4n) is 1.23. The van der Waals surface area contributed by atoms with Crippen LogP contribution >= 0.6 is 0 Å². The summed E-state index contributed by atoms with van der Waals surface area (Å²) >= 11 is 0. The largest absolute Gasteiger partial charge is 0.497 e. The number of nitrogens with zero attached hydrogens (tertiary/aromatic N) is 2. The zero-order chi connectivity index (χ0) is 11.7. The first-order chi connectivity index (χ1) is 6.86. The van der Waals surface area contributed by atoms with Gasteiger partial charge in [0.15, 0.2) is 0 Å². The number of hydrogen-bond acceptors (Lipinski definition) is 5. The second kappa shape index (κ2) is 3.52. The van der Waals surface area contributed by atoms with Gasteiger partial charge in [-0.1, -0.05) is 0 Å². The van der Waals surface area contributed by atoms with Crippen LogP contribution in [0.4, 0.5) is 11.4 Å². The van der Waals surface area contributed by atoms with Gasteiger partial charge >= 0.3 is 11.4 Å². The average Bonchev–Trinajstić information content (AvgIpc) is 2.10. The molecule has 0 saturated carbocycles. The summed E-state index contributed by atoms with van der Waals surface area (Å²) in [6, 6.07) is 1.11. The van der Waals surface area contributed by atoms with Crippen molar-refractivity contribution in [3.63, 3.8) is 0 Å². The van der Waals surface area contributed by atoms with E-state index in [9.17, 15) is 25.3 Å². The fraction of sp³-hybridized carbons (Fsp3) is 0.250. The molecular formula is C8H8N2O5. The SMILES string of the molecule is Cc1cc([N+](=O)[O-])c(O)c([N+](=O)[O-])c1C. The van der Waals surface area contributed by atoms with E-state index in [1.54, 1.807) is 0 Å². The van der Waals surface area contributed by atoms with Crippen molar-refractivity contribution in [1.82, 2.24) is 0 Å². The molecule has 0 fully saturated rings. The minimum absolute atomic E-state index is 0.225. The van der Waals surface area contributed by atoms with Gasteiger partial charge in [0.1, 0.15) is 0 Å². The lowest BCUT2D eigenvalue weighted by molar-refractivity contribution is -0.396. The quantitative estimate of drug-likeness (QED) is 0.594. The minimum Gasteiger partial charge on any atom is -0.497 e. The Morgan fingerprint density at radius 1 is 1.20 bits per heavy atom. The van der Waals surface area contributed by atoms with Crippen LogP contribution in [0, 0.1) is 34.1 Å². The van der Waals surface area contributed by atoms with Crippen LogP contribution < -0.4 is 0 Å². The number of nitro benzene ring substituents is 2. The zero-order valence-electron chi connectivity index (χ0n) is 8.05. The first kappa shape index (κ1) is 10.9. The molecule has 0 aromatic heterocycles. The van der Waals surface area contributed by atoms with Gasteiger partial charge in [-0.3, -0.25) is 20.2 Å². The second-order valence-corrected chi connectivity index (χ2v) is 3.05. The highest BCUT2D eigenvalue weighted by molar-refractivity contribution is 5.65. The first-order valence-electron chi connectivity index (χ1n) is 3.98. The summed E-state index contributed by atoms with van der Waals surface area (Å²) in [6.07, 6.45) is 0. The van der Waals surface area contributed by atoms with E-state index >= 15 is 0 Å². The van der Waals surface area contributed by atoms with Crippen molar-refractivity contribution < 1.29 is 15.0 Å². The molecular weight excluding hydrogens is 204 g/mol. The van der Waals surface area contributed by atoms with E-state index in [4.69, 9.17) is 0 Å². The number of aryl methyl sites for hydroxylation is 1. The Morgan fingerprint density at radius 2 is 1.73 bits per heavy atom. The molecule has 0 atom stereocenters. The van der Waals surface area contributed by atoms with Gasteiger partial charge < -0.3 is 5.11 Å². The monoisotopic (exact) mass is 212 g/mol. The van der Waals surface area contributed by atoms with E-state index in [1.165, 1.54) is 13.8 Å². The third-order valence-electron chi connectivity index (χ3n) is 2.15. The van der Waals surface area contributed by atoms with E-state index in [0.717, 1.165) is 6.07 Å². The molecule has 0 unspecified atom stereocenters. The molecule has 1 rings (SSSR count). The molecule has 1 aromatic rings. The molecule has 0 spiro atoms. The van der Waals surface area contributed by atoms with Crippen LogP contribution in [0.3, 0.4) is 0 Å². The molecule has 1 N–H and O–H groups in total. The molecule has 80 valence electrons. The summed E-state index contributed by atoms with van der Waals surface area (Å²) in [6.45, 7) is 2.94. The van der Waals surface area contributed by atoms with Crippen LogP contribution in [-0.2, 0) is 0 Å². The Morgan fingerprint density at radius 3 is 2.13 bits per heavy atom. The molecule has 0 radical (unpaired) electrons. The van der Waals surface area contributed by atoms with Crippen LogP contribution in [0.1, 0.15) is 11.1 Å². The maximum Gasteiger partial charge on any atom is 0.321 e. The fourth-order valence-corrected chi connectivity index (χ4v) is 1.23. The summed E-state index contributed by atoms with van der Waals surface area (Å²) in [4.78, 5) is 19.4. The van der Waals surface area contributed by atoms with Crippen LogP contribution in [0.15, 0.2) is 6.07 Å². The van der Waals surface area contributed by atoms with Gasteiger partial charge in [-0.2, -0.15) is 0 Å². The number of nitro groups is 2. The van der Waals surface area contributed by atoms with E-state index in [0.29, 0.717) is 5.56 Å². The van der Waals surface area contributed by atoms with Crippen LogP contribution in [0.25, 0.3) is 0 Å². The third kappa shape index (κ3) is 1.71. The lowest BCUT2D eigenvalue weighted by Crippen LogP contribution is -1.98. The zero-order valence-corrected chi connectivity index (χ0v) is 8.05. The summed E-state index contributed by atoms with van der Waals surface area (Å²) in [7, 11) is 0. The molecule has 0 amide bonds. The molecule has 0 aliphatic rings. The molecule has 0 bridgehead atoms. The normalized spacial score (nSPS) is 10.0. The van der Waals surface area contributed by atoms with Crippen LogP contribution in [-0.4, -0.2) is 15.0 Å². The number of hydrogen-bond donors (Lipinski definition) is 1. The van der Waals surface area contributed by atoms with E-state index < -0.39 is 27.0 Å². The Hall–Kier alpha value is -2.18. The van der Waals surface area contributed by atoms with Crippen molar-refractivity contribution in [1.29, 1.82) is 0 Å². The molecule has 7 heteroatoms. The number of phenols is 1. The van der Waals surface area contributed by atoms with Crippen molar-refractivity contribution in [3.05, 3.63) is 37.4 Å². The van der Waals surface area contributed by atoms with Crippen molar-refractivity contribution in [2.45, 2.75) is 13.8 Å². The smallest absolute Gasteiger partial charge is 0.321 e. The highest BCUT2D eigenvalue weighted by atomic mass is 16.6. The standard InChI is InChI=1S/C8H8N2O5/c1-4-3-6(9(12)13)8(11)7(5(4)2)10(14)15/h3,11H,1-2H3. The molecule has 0 aliphatic carbocycles. The average molecular weight is 212 g/mol. The lowest BCUT2D eigenvalue weighted by Gasteiger charge is -2.03. The van der Waals surface area contributed by atoms with Crippen molar-refractivity contribution in [3.8, 4) is 5.75 Å². The molecule has 0 aliphatic heterocycles. The van der Waals surface area contributed by atoms with E-state index in [1.807, 2.05) is 0 Å². The summed E-state index contributed by atoms with van der Waals surface area (Å²) < 4.78 is 0. The summed E-state index contributed by atoms with van der Waals surface area (Å²) in [5.74, 6) is -0.895. The van der Waals surface area contributed by atoms with Gasteiger partial charge in [0.05, 0.1) is 9.85 Å². The van der Waals surface area contributed by atoms with E-state index in [-0.39, 0.29) is 5.56 Å². The number of benzene rings is 1. The van der Waals surface area contributed by atoms with Crippen LogP contribution in [0.5, 0.6) is 5.75 Å². The maximum atomic E-state index is 10.6. The van der Waals surface area contributed by atoms with Gasteiger partial charge in [-0.05, 0) is 19.4 Å². The molecule has 0 saturated heterocycles. The lowest BCUT2D eigenvalue weighted by atomic mass is 10.1. The van der Waals surface area contributed by atoms with Crippen molar-refractivity contribution >= 4 is 11.4 Å². The Balaban J connectivity index is 3.63. The van der Waals surface area contributed by atoms with Gasteiger partial charge in [-0.15, -0.1) is 0 Å². The highest BCUT2D eigenvalue weighted by Crippen LogP contribution is 2.39. The summed E-state index contributed by atoms with van der Waals surface area (Å²) in [5.41, 5.74) is -0.638. The molecule has 1 aromatic carbocycles. The predicted octanol–water partition coefficient (Wildman–Crippen LogP) is 1.83. The second-order valence-electron chi connectivity index (χ2n) is 3.05. The van der Waals surface area contributed by atoms with Gasteiger partial charge in [0, 0.05) is 11.6 Å².